The van der Waals surface area contributed by atoms with E-state index in [1.807, 2.05) is 6.92 Å². The summed E-state index contributed by atoms with van der Waals surface area (Å²) in [6, 6.07) is 7.37. The van der Waals surface area contributed by atoms with Crippen LogP contribution in [0.15, 0.2) is 42.5 Å². The molecule has 2 aromatic rings. The van der Waals surface area contributed by atoms with Gasteiger partial charge in [-0.3, -0.25) is 4.79 Å². The number of nitrogens with zero attached hydrogens (tertiary/aromatic N) is 2. The quantitative estimate of drug-likeness (QED) is 0.457. The number of benzene rings is 2. The Hall–Kier alpha value is -3.36. The third-order valence-electron chi connectivity index (χ3n) is 6.65. The van der Waals surface area contributed by atoms with Crippen LogP contribution in [-0.4, -0.2) is 79.8 Å². The number of urea groups is 1. The van der Waals surface area contributed by atoms with Gasteiger partial charge >= 0.3 is 12.2 Å². The number of aliphatic hydroxyl groups is 1. The number of anilines is 2. The number of carbonyl (C=O) groups is 2. The minimum atomic E-state index is -4.50. The molecule has 14 heteroatoms. The van der Waals surface area contributed by atoms with Crippen molar-refractivity contribution < 1.29 is 41.0 Å². The van der Waals surface area contributed by atoms with E-state index >= 15 is 0 Å². The number of likely N-dealkylation sites (N-methyl/N-ethyl adjacent to an activating group) is 1. The van der Waals surface area contributed by atoms with Gasteiger partial charge in [0.15, 0.2) is 0 Å². The first kappa shape index (κ1) is 31.2. The van der Waals surface area contributed by atoms with Crippen LogP contribution >= 0.6 is 0 Å². The van der Waals surface area contributed by atoms with Gasteiger partial charge in [-0.05, 0) is 49.4 Å². The molecule has 10 nitrogen and oxygen atoms in total. The van der Waals surface area contributed by atoms with Crippen molar-refractivity contribution >= 4 is 33.3 Å². The summed E-state index contributed by atoms with van der Waals surface area (Å²) >= 11 is 0. The molecular weight excluding hydrogens is 553 g/mol. The fourth-order valence-electron chi connectivity index (χ4n) is 4.15. The molecule has 220 valence electrons. The number of fused-ring (bicyclic) bond motifs is 1. The van der Waals surface area contributed by atoms with Gasteiger partial charge in [-0.15, -0.1) is 0 Å². The van der Waals surface area contributed by atoms with Crippen LogP contribution in [0.3, 0.4) is 0 Å². The zero-order valence-corrected chi connectivity index (χ0v) is 23.3. The maximum absolute atomic E-state index is 13.3. The number of rotatable bonds is 7. The highest BCUT2D eigenvalue weighted by Crippen LogP contribution is 2.31. The van der Waals surface area contributed by atoms with E-state index in [9.17, 15) is 36.3 Å². The lowest BCUT2D eigenvalue weighted by molar-refractivity contribution is -0.137. The van der Waals surface area contributed by atoms with E-state index in [2.05, 4.69) is 10.6 Å². The molecule has 3 amide bonds. The average molecular weight is 587 g/mol. The number of carbonyl (C=O) groups excluding carboxylic acids is 2. The summed E-state index contributed by atoms with van der Waals surface area (Å²) in [5.41, 5.74) is 0.0137. The van der Waals surface area contributed by atoms with Gasteiger partial charge in [0, 0.05) is 36.4 Å². The van der Waals surface area contributed by atoms with Crippen molar-refractivity contribution in [2.45, 2.75) is 38.6 Å². The standard InChI is InChI=1S/C26H33F3N4O6S/c1-16-13-33(17(2)15-34)24(35)12-18-11-21(9-10-22(18)39-23(16)14-32(3)40(4,37)38)31-25(36)30-20-7-5-19(6-8-20)26(27,28)29/h5-11,16-17,23,34H,12-15H2,1-4H3,(H2,30,31,36)/t16-,17+,23+/m0/s1. The van der Waals surface area contributed by atoms with Crippen LogP contribution in [0.25, 0.3) is 0 Å². The fraction of sp³-hybridized carbons (Fsp3) is 0.462. The van der Waals surface area contributed by atoms with Crippen molar-refractivity contribution in [3.63, 3.8) is 0 Å². The molecule has 3 rings (SSSR count). The van der Waals surface area contributed by atoms with Crippen LogP contribution in [0.4, 0.5) is 29.3 Å². The molecular formula is C26H33F3N4O6S. The minimum Gasteiger partial charge on any atom is -0.488 e. The van der Waals surface area contributed by atoms with Crippen LogP contribution in [0.5, 0.6) is 5.75 Å². The van der Waals surface area contributed by atoms with E-state index in [-0.39, 0.29) is 43.6 Å². The van der Waals surface area contributed by atoms with Crippen LogP contribution in [0.2, 0.25) is 0 Å². The molecule has 0 spiro atoms. The monoisotopic (exact) mass is 586 g/mol. The van der Waals surface area contributed by atoms with Crippen LogP contribution in [0, 0.1) is 5.92 Å². The van der Waals surface area contributed by atoms with Gasteiger partial charge in [0.2, 0.25) is 15.9 Å². The summed E-state index contributed by atoms with van der Waals surface area (Å²) in [4.78, 5) is 27.3. The van der Waals surface area contributed by atoms with E-state index in [0.717, 1.165) is 34.8 Å². The van der Waals surface area contributed by atoms with Gasteiger partial charge < -0.3 is 25.4 Å². The van der Waals surface area contributed by atoms with Crippen LogP contribution in [0.1, 0.15) is 25.0 Å². The summed E-state index contributed by atoms with van der Waals surface area (Å²) in [5.74, 6) is -0.263. The summed E-state index contributed by atoms with van der Waals surface area (Å²) in [6.07, 6.45) is -4.17. The van der Waals surface area contributed by atoms with Gasteiger partial charge in [-0.25, -0.2) is 17.5 Å². The lowest BCUT2D eigenvalue weighted by Crippen LogP contribution is -2.48. The Bertz CT molecular complexity index is 1320. The highest BCUT2D eigenvalue weighted by atomic mass is 32.2. The molecule has 0 saturated carbocycles. The maximum atomic E-state index is 13.3. The number of aliphatic hydroxyl groups excluding tert-OH is 1. The second-order valence-corrected chi connectivity index (χ2v) is 12.0. The SMILES string of the molecule is C[C@H](CO)N1C[C@H](C)[C@@H](CN(C)S(C)(=O)=O)Oc2ccc(NC(=O)Nc3ccc(C(F)(F)F)cc3)cc2CC1=O. The molecule has 0 unspecified atom stereocenters. The number of amides is 3. The molecule has 0 fully saturated rings. The molecule has 3 atom stereocenters. The Morgan fingerprint density at radius 3 is 2.35 bits per heavy atom. The summed E-state index contributed by atoms with van der Waals surface area (Å²) in [5, 5.41) is 14.8. The number of nitrogens with one attached hydrogen (secondary N) is 2. The highest BCUT2D eigenvalue weighted by molar-refractivity contribution is 7.88. The first-order valence-corrected chi connectivity index (χ1v) is 14.3. The number of sulfonamides is 1. The van der Waals surface area contributed by atoms with E-state index in [4.69, 9.17) is 4.74 Å². The van der Waals surface area contributed by atoms with Crippen molar-refractivity contribution in [2.24, 2.45) is 5.92 Å². The van der Waals surface area contributed by atoms with Gasteiger partial charge in [-0.2, -0.15) is 13.2 Å². The lowest BCUT2D eigenvalue weighted by atomic mass is 10.0. The Kier molecular flexibility index (Phi) is 9.69. The summed E-state index contributed by atoms with van der Waals surface area (Å²) in [7, 11) is -2.08. The smallest absolute Gasteiger partial charge is 0.416 e. The normalized spacial score (nSPS) is 19.1. The minimum absolute atomic E-state index is 0.0184. The average Bonchev–Trinajstić information content (AvgIpc) is 2.90. The molecule has 1 aliphatic rings. The van der Waals surface area contributed by atoms with Crippen molar-refractivity contribution in [3.8, 4) is 5.75 Å². The lowest BCUT2D eigenvalue weighted by Gasteiger charge is -2.33. The Balaban J connectivity index is 1.86. The van der Waals surface area contributed by atoms with E-state index in [1.165, 1.54) is 24.1 Å². The zero-order valence-electron chi connectivity index (χ0n) is 22.5. The second kappa shape index (κ2) is 12.4. The number of hydrogen-bond donors (Lipinski definition) is 3. The molecule has 0 aliphatic carbocycles. The Labute approximate surface area is 231 Å². The Morgan fingerprint density at radius 2 is 1.77 bits per heavy atom. The van der Waals surface area contributed by atoms with Crippen molar-refractivity contribution in [1.29, 1.82) is 0 Å². The molecule has 0 radical (unpaired) electrons. The topological polar surface area (TPSA) is 128 Å². The first-order valence-electron chi connectivity index (χ1n) is 12.4. The van der Waals surface area contributed by atoms with Gasteiger partial charge in [0.25, 0.3) is 0 Å². The largest absolute Gasteiger partial charge is 0.488 e. The predicted octanol–water partition coefficient (Wildman–Crippen LogP) is 3.39. The number of ether oxygens (including phenoxy) is 1. The van der Waals surface area contributed by atoms with Crippen LogP contribution in [-0.2, 0) is 27.4 Å². The van der Waals surface area contributed by atoms with Crippen molar-refractivity contribution in [1.82, 2.24) is 9.21 Å². The maximum Gasteiger partial charge on any atom is 0.416 e. The molecule has 40 heavy (non-hydrogen) atoms. The predicted molar refractivity (Wildman–Crippen MR) is 144 cm³/mol. The zero-order chi connectivity index (χ0) is 29.8. The number of alkyl halides is 3. The third kappa shape index (κ3) is 8.08. The van der Waals surface area contributed by atoms with Gasteiger partial charge in [-0.1, -0.05) is 6.92 Å². The van der Waals surface area contributed by atoms with Crippen LogP contribution < -0.4 is 15.4 Å². The molecule has 0 bridgehead atoms. The molecule has 2 aromatic carbocycles. The summed E-state index contributed by atoms with van der Waals surface area (Å²) < 4.78 is 69.9. The second-order valence-electron chi connectivity index (χ2n) is 9.91. The molecule has 0 saturated heterocycles. The van der Waals surface area contributed by atoms with Gasteiger partial charge in [0.05, 0.1) is 37.4 Å². The van der Waals surface area contributed by atoms with E-state index < -0.39 is 39.9 Å². The third-order valence-corrected chi connectivity index (χ3v) is 7.93. The molecule has 0 aromatic heterocycles. The fourth-order valence-corrected chi connectivity index (χ4v) is 4.57. The summed E-state index contributed by atoms with van der Waals surface area (Å²) in [6.45, 7) is 3.50. The van der Waals surface area contributed by atoms with Gasteiger partial charge in [0.1, 0.15) is 11.9 Å². The van der Waals surface area contributed by atoms with Crippen molar-refractivity contribution in [2.75, 3.05) is 43.6 Å². The van der Waals surface area contributed by atoms with E-state index in [0.29, 0.717) is 17.0 Å². The first-order chi connectivity index (χ1) is 18.6. The molecule has 1 heterocycles. The molecule has 1 aliphatic heterocycles. The number of hydrogen-bond acceptors (Lipinski definition) is 6. The Morgan fingerprint density at radius 1 is 1.18 bits per heavy atom. The molecule has 3 N–H and O–H groups in total. The highest BCUT2D eigenvalue weighted by Gasteiger charge is 2.32. The van der Waals surface area contributed by atoms with E-state index in [1.54, 1.807) is 13.0 Å². The number of halogens is 3. The van der Waals surface area contributed by atoms with Crippen molar-refractivity contribution in [3.05, 3.63) is 53.6 Å².